The van der Waals surface area contributed by atoms with E-state index in [0.717, 1.165) is 0 Å². The summed E-state index contributed by atoms with van der Waals surface area (Å²) in [5.74, 6) is 0.713. The van der Waals surface area contributed by atoms with Crippen LogP contribution in [0.3, 0.4) is 0 Å². The molecule has 8 heavy (non-hydrogen) atoms. The van der Waals surface area contributed by atoms with Crippen molar-refractivity contribution in [2.75, 3.05) is 0 Å². The topological polar surface area (TPSA) is 42.5 Å². The van der Waals surface area contributed by atoms with Gasteiger partial charge in [-0.05, 0) is 0 Å². The van der Waals surface area contributed by atoms with Gasteiger partial charge in [0.15, 0.2) is 0 Å². The first kappa shape index (κ1) is 3.77. The molecular formula is C4H4N4. The number of imidazole rings is 1. The Morgan fingerprint density at radius 3 is 3.50 bits per heavy atom. The van der Waals surface area contributed by atoms with Gasteiger partial charge in [0.2, 0.25) is 0 Å². The lowest BCUT2D eigenvalue weighted by atomic mass is 10.9. The third kappa shape index (κ3) is 0.318. The minimum Gasteiger partial charge on any atom is -0.292 e. The lowest BCUT2D eigenvalue weighted by molar-refractivity contribution is 0.778. The van der Waals surface area contributed by atoms with Crippen LogP contribution in [-0.2, 0) is 6.67 Å². The molecule has 40 valence electrons. The second-order valence-electron chi connectivity index (χ2n) is 1.58. The van der Waals surface area contributed by atoms with E-state index in [1.54, 1.807) is 6.20 Å². The van der Waals surface area contributed by atoms with E-state index in [9.17, 15) is 0 Å². The lowest BCUT2D eigenvalue weighted by Gasteiger charge is -1.83. The lowest BCUT2D eigenvalue weighted by Crippen LogP contribution is -1.83. The maximum absolute atomic E-state index is 3.90. The fourth-order valence-electron chi connectivity index (χ4n) is 0.678. The van der Waals surface area contributed by atoms with Crippen molar-refractivity contribution in [2.24, 2.45) is 10.2 Å². The molecule has 0 aliphatic carbocycles. The predicted octanol–water partition coefficient (Wildman–Crippen LogP) is 0.938. The highest BCUT2D eigenvalue weighted by Crippen LogP contribution is 2.14. The number of rotatable bonds is 0. The fraction of sp³-hybridized carbons (Fsp3) is 0.250. The van der Waals surface area contributed by atoms with Crippen molar-refractivity contribution in [1.82, 2.24) is 9.55 Å². The van der Waals surface area contributed by atoms with Gasteiger partial charge in [0.25, 0.3) is 5.95 Å². The van der Waals surface area contributed by atoms with Crippen LogP contribution < -0.4 is 0 Å². The van der Waals surface area contributed by atoms with Crippen molar-refractivity contribution in [1.29, 1.82) is 0 Å². The van der Waals surface area contributed by atoms with E-state index in [1.807, 2.05) is 10.8 Å². The van der Waals surface area contributed by atoms with Gasteiger partial charge in [0.1, 0.15) is 6.67 Å². The molecule has 1 aromatic heterocycles. The number of aromatic nitrogens is 2. The van der Waals surface area contributed by atoms with Gasteiger partial charge in [0.05, 0.1) is 0 Å². The second-order valence-corrected chi connectivity index (χ2v) is 1.58. The van der Waals surface area contributed by atoms with E-state index in [-0.39, 0.29) is 0 Å². The Hall–Kier alpha value is -1.19. The normalized spacial score (nSPS) is 14.5. The van der Waals surface area contributed by atoms with Crippen LogP contribution in [-0.4, -0.2) is 9.55 Å². The fourth-order valence-corrected chi connectivity index (χ4v) is 0.678. The summed E-state index contributed by atoms with van der Waals surface area (Å²) in [6.45, 7) is 0.634. The van der Waals surface area contributed by atoms with Crippen LogP contribution in [0.1, 0.15) is 0 Å². The van der Waals surface area contributed by atoms with Gasteiger partial charge in [0, 0.05) is 12.4 Å². The number of hydrogen-bond donors (Lipinski definition) is 0. The van der Waals surface area contributed by atoms with Crippen molar-refractivity contribution < 1.29 is 0 Å². The zero-order valence-electron chi connectivity index (χ0n) is 4.15. The molecule has 0 spiro atoms. The molecule has 0 saturated carbocycles. The van der Waals surface area contributed by atoms with Crippen LogP contribution in [0.5, 0.6) is 0 Å². The van der Waals surface area contributed by atoms with Gasteiger partial charge in [-0.3, -0.25) is 4.57 Å². The Balaban J connectivity index is 2.67. The number of fused-ring (bicyclic) bond motifs is 1. The quantitative estimate of drug-likeness (QED) is 0.487. The molecule has 1 aliphatic heterocycles. The number of azo groups is 1. The molecule has 0 amide bonds. The van der Waals surface area contributed by atoms with Crippen molar-refractivity contribution in [3.8, 4) is 0 Å². The largest absolute Gasteiger partial charge is 0.292 e. The summed E-state index contributed by atoms with van der Waals surface area (Å²) in [4.78, 5) is 3.90. The van der Waals surface area contributed by atoms with Gasteiger partial charge >= 0.3 is 0 Å². The zero-order valence-corrected chi connectivity index (χ0v) is 4.15. The first-order valence-electron chi connectivity index (χ1n) is 2.35. The molecule has 2 heterocycles. The molecule has 0 aromatic carbocycles. The summed E-state index contributed by atoms with van der Waals surface area (Å²) in [5.41, 5.74) is 0. The van der Waals surface area contributed by atoms with Crippen LogP contribution in [0, 0.1) is 0 Å². The summed E-state index contributed by atoms with van der Waals surface area (Å²) in [7, 11) is 0. The molecule has 0 bridgehead atoms. The summed E-state index contributed by atoms with van der Waals surface area (Å²) in [5, 5.41) is 7.47. The first-order valence-corrected chi connectivity index (χ1v) is 2.35. The van der Waals surface area contributed by atoms with E-state index >= 15 is 0 Å². The molecule has 1 aliphatic rings. The highest BCUT2D eigenvalue weighted by molar-refractivity contribution is 5.16. The Morgan fingerprint density at radius 1 is 1.62 bits per heavy atom. The molecular weight excluding hydrogens is 104 g/mol. The van der Waals surface area contributed by atoms with Crippen LogP contribution >= 0.6 is 0 Å². The predicted molar refractivity (Wildman–Crippen MR) is 26.7 cm³/mol. The Bertz CT molecular complexity index is 224. The average Bonchev–Trinajstić information content (AvgIpc) is 2.15. The van der Waals surface area contributed by atoms with Crippen LogP contribution in [0.25, 0.3) is 0 Å². The van der Waals surface area contributed by atoms with Crippen molar-refractivity contribution in [3.05, 3.63) is 12.4 Å². The SMILES string of the molecule is c1cn2c(n1)N=NC2. The van der Waals surface area contributed by atoms with Crippen LogP contribution in [0.2, 0.25) is 0 Å². The first-order chi connectivity index (χ1) is 3.97. The monoisotopic (exact) mass is 108 g/mol. The minimum absolute atomic E-state index is 0.634. The summed E-state index contributed by atoms with van der Waals surface area (Å²) in [6, 6.07) is 0. The summed E-state index contributed by atoms with van der Waals surface area (Å²) < 4.78 is 1.88. The summed E-state index contributed by atoms with van der Waals surface area (Å²) in [6.07, 6.45) is 3.57. The molecule has 0 unspecified atom stereocenters. The molecule has 0 fully saturated rings. The van der Waals surface area contributed by atoms with E-state index in [2.05, 4.69) is 15.2 Å². The highest BCUT2D eigenvalue weighted by Gasteiger charge is 2.03. The Morgan fingerprint density at radius 2 is 2.62 bits per heavy atom. The minimum atomic E-state index is 0.634. The highest BCUT2D eigenvalue weighted by atomic mass is 15.4. The Labute approximate surface area is 45.9 Å². The molecule has 1 aromatic rings. The van der Waals surface area contributed by atoms with Gasteiger partial charge < -0.3 is 0 Å². The third-order valence-electron chi connectivity index (χ3n) is 1.07. The van der Waals surface area contributed by atoms with Crippen LogP contribution in [0.15, 0.2) is 22.6 Å². The maximum Gasteiger partial charge on any atom is 0.250 e. The molecule has 0 atom stereocenters. The van der Waals surface area contributed by atoms with E-state index < -0.39 is 0 Å². The standard InChI is InChI=1S/C4H4N4/c1-2-8-3-6-7-4(8)5-1/h1-2H,3H2. The Kier molecular flexibility index (Phi) is 0.542. The third-order valence-corrected chi connectivity index (χ3v) is 1.07. The van der Waals surface area contributed by atoms with Crippen molar-refractivity contribution >= 4 is 5.95 Å². The smallest absolute Gasteiger partial charge is 0.250 e. The van der Waals surface area contributed by atoms with E-state index in [4.69, 9.17) is 0 Å². The number of nitrogens with zero attached hydrogens (tertiary/aromatic N) is 4. The zero-order chi connectivity index (χ0) is 5.40. The molecule has 0 radical (unpaired) electrons. The van der Waals surface area contributed by atoms with E-state index in [1.165, 1.54) is 0 Å². The average molecular weight is 108 g/mol. The van der Waals surface area contributed by atoms with Crippen molar-refractivity contribution in [3.63, 3.8) is 0 Å². The second kappa shape index (κ2) is 1.15. The molecule has 4 heteroatoms. The van der Waals surface area contributed by atoms with Gasteiger partial charge in [-0.15, -0.1) is 5.11 Å². The van der Waals surface area contributed by atoms with Gasteiger partial charge in [-0.25, -0.2) is 4.98 Å². The number of hydrogen-bond acceptors (Lipinski definition) is 3. The molecule has 2 rings (SSSR count). The maximum atomic E-state index is 3.90. The summed E-state index contributed by atoms with van der Waals surface area (Å²) >= 11 is 0. The van der Waals surface area contributed by atoms with Crippen molar-refractivity contribution in [2.45, 2.75) is 6.67 Å². The van der Waals surface area contributed by atoms with Gasteiger partial charge in [-0.1, -0.05) is 0 Å². The molecule has 0 N–H and O–H groups in total. The van der Waals surface area contributed by atoms with Gasteiger partial charge in [-0.2, -0.15) is 5.11 Å². The van der Waals surface area contributed by atoms with E-state index in [0.29, 0.717) is 12.6 Å². The van der Waals surface area contributed by atoms with Crippen LogP contribution in [0.4, 0.5) is 5.95 Å². The molecule has 0 saturated heterocycles. The molecule has 4 nitrogen and oxygen atoms in total.